The van der Waals surface area contributed by atoms with Gasteiger partial charge in [0.2, 0.25) is 5.91 Å². The second-order valence-corrected chi connectivity index (χ2v) is 8.86. The highest BCUT2D eigenvalue weighted by Crippen LogP contribution is 2.31. The molecule has 9 nitrogen and oxygen atoms in total. The number of amides is 2. The summed E-state index contributed by atoms with van der Waals surface area (Å²) >= 11 is 1.26. The summed E-state index contributed by atoms with van der Waals surface area (Å²) in [5, 5.41) is 12.3. The number of hydrogen-bond donors (Lipinski definition) is 1. The van der Waals surface area contributed by atoms with Crippen LogP contribution in [0.3, 0.4) is 0 Å². The molecular formula is C27H30N4O5S. The van der Waals surface area contributed by atoms with Crippen LogP contribution in [0.15, 0.2) is 42.5 Å². The number of morpholine rings is 1. The highest BCUT2D eigenvalue weighted by atomic mass is 32.1. The quantitative estimate of drug-likeness (QED) is 0.469. The standard InChI is InChI=1S/C25H24N4O5S.C2H6/c1-2-34-22(30)15-27-23(31)19(14-26)24-28-20-8-7-18(13-21(20)35-24)16-3-5-17(6-4-16)25(32)29-9-11-33-12-10-29;1-2/h3-8,13,19H,2,9-12,15H2,1H3,(H,27,31);1-2H3. The monoisotopic (exact) mass is 522 g/mol. The lowest BCUT2D eigenvalue weighted by Crippen LogP contribution is -2.40. The molecule has 2 amide bonds. The number of ether oxygens (including phenoxy) is 2. The van der Waals surface area contributed by atoms with Gasteiger partial charge in [0.25, 0.3) is 5.91 Å². The van der Waals surface area contributed by atoms with E-state index in [0.29, 0.717) is 42.4 Å². The summed E-state index contributed by atoms with van der Waals surface area (Å²) in [5.41, 5.74) is 3.16. The molecule has 0 bridgehead atoms. The van der Waals surface area contributed by atoms with E-state index in [0.717, 1.165) is 15.8 Å². The molecule has 1 aliphatic heterocycles. The number of esters is 1. The van der Waals surface area contributed by atoms with Crippen LogP contribution in [0.5, 0.6) is 0 Å². The Labute approximate surface area is 220 Å². The van der Waals surface area contributed by atoms with Gasteiger partial charge in [-0.25, -0.2) is 4.98 Å². The second-order valence-electron chi connectivity index (χ2n) is 7.80. The van der Waals surface area contributed by atoms with E-state index in [4.69, 9.17) is 9.47 Å². The molecule has 10 heteroatoms. The molecule has 1 saturated heterocycles. The maximum atomic E-state index is 12.7. The van der Waals surface area contributed by atoms with Gasteiger partial charge in [0.1, 0.15) is 11.6 Å². The van der Waals surface area contributed by atoms with Crippen LogP contribution in [-0.2, 0) is 19.1 Å². The van der Waals surface area contributed by atoms with Crippen molar-refractivity contribution in [3.8, 4) is 17.2 Å². The lowest BCUT2D eigenvalue weighted by atomic mass is 10.0. The molecule has 2 aromatic carbocycles. The normalized spacial score (nSPS) is 13.6. The molecule has 0 aliphatic carbocycles. The number of carbonyl (C=O) groups is 3. The highest BCUT2D eigenvalue weighted by Gasteiger charge is 2.25. The van der Waals surface area contributed by atoms with Crippen LogP contribution < -0.4 is 5.32 Å². The van der Waals surface area contributed by atoms with E-state index in [9.17, 15) is 19.6 Å². The van der Waals surface area contributed by atoms with Gasteiger partial charge in [0, 0.05) is 18.7 Å². The van der Waals surface area contributed by atoms with Gasteiger partial charge in [-0.1, -0.05) is 32.0 Å². The van der Waals surface area contributed by atoms with Crippen molar-refractivity contribution in [1.82, 2.24) is 15.2 Å². The molecule has 1 atom stereocenters. The zero-order valence-corrected chi connectivity index (χ0v) is 22.0. The molecule has 0 saturated carbocycles. The minimum absolute atomic E-state index is 0.00817. The Hall–Kier alpha value is -3.81. The number of rotatable bonds is 7. The molecule has 1 aliphatic rings. The number of carbonyl (C=O) groups excluding carboxylic acids is 3. The Balaban J connectivity index is 0.00000186. The first-order valence-electron chi connectivity index (χ1n) is 12.2. The Morgan fingerprint density at radius 3 is 2.46 bits per heavy atom. The number of nitriles is 1. The van der Waals surface area contributed by atoms with Crippen LogP contribution >= 0.6 is 11.3 Å². The number of benzene rings is 2. The van der Waals surface area contributed by atoms with Crippen LogP contribution in [0, 0.1) is 11.3 Å². The molecule has 4 rings (SSSR count). The van der Waals surface area contributed by atoms with Crippen LogP contribution in [0.2, 0.25) is 0 Å². The summed E-state index contributed by atoms with van der Waals surface area (Å²) in [6.07, 6.45) is 0. The lowest BCUT2D eigenvalue weighted by Gasteiger charge is -2.26. The molecule has 1 aromatic heterocycles. The zero-order valence-electron chi connectivity index (χ0n) is 21.2. The van der Waals surface area contributed by atoms with E-state index in [-0.39, 0.29) is 19.1 Å². The Kier molecular flexibility index (Phi) is 10.1. The van der Waals surface area contributed by atoms with E-state index >= 15 is 0 Å². The average Bonchev–Trinajstić information content (AvgIpc) is 3.36. The Morgan fingerprint density at radius 1 is 1.14 bits per heavy atom. The maximum Gasteiger partial charge on any atom is 0.325 e. The lowest BCUT2D eigenvalue weighted by molar-refractivity contribution is -0.143. The number of aromatic nitrogens is 1. The number of nitrogens with zero attached hydrogens (tertiary/aromatic N) is 3. The van der Waals surface area contributed by atoms with Crippen LogP contribution in [0.4, 0.5) is 0 Å². The van der Waals surface area contributed by atoms with Crippen LogP contribution in [-0.4, -0.2) is 67.1 Å². The van der Waals surface area contributed by atoms with E-state index < -0.39 is 17.8 Å². The van der Waals surface area contributed by atoms with Crippen LogP contribution in [0.1, 0.15) is 42.1 Å². The van der Waals surface area contributed by atoms with Crippen molar-refractivity contribution in [3.05, 3.63) is 53.0 Å². The smallest absolute Gasteiger partial charge is 0.325 e. The minimum Gasteiger partial charge on any atom is -0.465 e. The summed E-state index contributed by atoms with van der Waals surface area (Å²) in [7, 11) is 0. The summed E-state index contributed by atoms with van der Waals surface area (Å²) in [6.45, 7) is 7.88. The number of fused-ring (bicyclic) bond motifs is 1. The molecule has 1 N–H and O–H groups in total. The number of hydrogen-bond acceptors (Lipinski definition) is 8. The Bertz CT molecular complexity index is 1280. The van der Waals surface area contributed by atoms with Gasteiger partial charge < -0.3 is 19.7 Å². The molecule has 2 heterocycles. The predicted octanol–water partition coefficient (Wildman–Crippen LogP) is 3.75. The second kappa shape index (κ2) is 13.5. The third kappa shape index (κ3) is 6.90. The summed E-state index contributed by atoms with van der Waals surface area (Å²) in [5.74, 6) is -2.30. The van der Waals surface area contributed by atoms with Gasteiger partial charge in [0.05, 0.1) is 36.1 Å². The largest absolute Gasteiger partial charge is 0.465 e. The van der Waals surface area contributed by atoms with Gasteiger partial charge in [0.15, 0.2) is 5.92 Å². The fourth-order valence-corrected chi connectivity index (χ4v) is 4.75. The third-order valence-corrected chi connectivity index (χ3v) is 6.60. The van der Waals surface area contributed by atoms with Gasteiger partial charge in [-0.15, -0.1) is 11.3 Å². The van der Waals surface area contributed by atoms with Gasteiger partial charge >= 0.3 is 5.97 Å². The SMILES string of the molecule is CC.CCOC(=O)CNC(=O)C(C#N)c1nc2ccc(-c3ccc(C(=O)N4CCOCC4)cc3)cc2s1. The molecule has 0 spiro atoms. The van der Waals surface area contributed by atoms with Crippen molar-refractivity contribution >= 4 is 39.3 Å². The summed E-state index contributed by atoms with van der Waals surface area (Å²) in [4.78, 5) is 42.8. The number of thiazole rings is 1. The molecule has 0 radical (unpaired) electrons. The topological polar surface area (TPSA) is 122 Å². The van der Waals surface area contributed by atoms with Gasteiger partial charge in [-0.2, -0.15) is 5.26 Å². The van der Waals surface area contributed by atoms with Crippen molar-refractivity contribution in [2.45, 2.75) is 26.7 Å². The van der Waals surface area contributed by atoms with E-state index in [1.807, 2.05) is 62.4 Å². The predicted molar refractivity (Wildman–Crippen MR) is 141 cm³/mol. The zero-order chi connectivity index (χ0) is 26.8. The van der Waals surface area contributed by atoms with Gasteiger partial charge in [-0.3, -0.25) is 14.4 Å². The minimum atomic E-state index is -1.13. The first kappa shape index (κ1) is 27.8. The molecular weight excluding hydrogens is 492 g/mol. The summed E-state index contributed by atoms with van der Waals surface area (Å²) < 4.78 is 10.9. The molecule has 37 heavy (non-hydrogen) atoms. The Morgan fingerprint density at radius 2 is 1.81 bits per heavy atom. The van der Waals surface area contributed by atoms with Crippen molar-refractivity contribution < 1.29 is 23.9 Å². The fourth-order valence-electron chi connectivity index (χ4n) is 3.70. The van der Waals surface area contributed by atoms with Crippen LogP contribution in [0.25, 0.3) is 21.3 Å². The first-order chi connectivity index (χ1) is 18.0. The van der Waals surface area contributed by atoms with E-state index in [1.54, 1.807) is 11.8 Å². The van der Waals surface area contributed by atoms with E-state index in [2.05, 4.69) is 10.3 Å². The molecule has 3 aromatic rings. The van der Waals surface area contributed by atoms with E-state index in [1.165, 1.54) is 11.3 Å². The first-order valence-corrected chi connectivity index (χ1v) is 13.0. The fraction of sp³-hybridized carbons (Fsp3) is 0.370. The third-order valence-electron chi connectivity index (χ3n) is 5.52. The van der Waals surface area contributed by atoms with Crippen molar-refractivity contribution in [2.24, 2.45) is 0 Å². The van der Waals surface area contributed by atoms with Gasteiger partial charge in [-0.05, 0) is 42.3 Å². The molecule has 194 valence electrons. The molecule has 1 fully saturated rings. The van der Waals surface area contributed by atoms with Crippen molar-refractivity contribution in [2.75, 3.05) is 39.5 Å². The number of nitrogens with one attached hydrogen (secondary N) is 1. The summed E-state index contributed by atoms with van der Waals surface area (Å²) in [6, 6.07) is 15.1. The van der Waals surface area contributed by atoms with Crippen molar-refractivity contribution in [1.29, 1.82) is 5.26 Å². The average molecular weight is 523 g/mol. The maximum absolute atomic E-state index is 12.7. The molecule has 1 unspecified atom stereocenters. The highest BCUT2D eigenvalue weighted by molar-refractivity contribution is 7.18. The van der Waals surface area contributed by atoms with Crippen molar-refractivity contribution in [3.63, 3.8) is 0 Å².